The maximum absolute atomic E-state index is 9.04. The smallest absolute Gasteiger partial charge is 0.105 e. The molecule has 20 heavy (non-hydrogen) atoms. The van der Waals surface area contributed by atoms with Crippen LogP contribution in [0.2, 0.25) is 0 Å². The lowest BCUT2D eigenvalue weighted by Crippen LogP contribution is -2.27. The Morgan fingerprint density at radius 2 is 1.90 bits per heavy atom. The monoisotopic (exact) mass is 273 g/mol. The largest absolute Gasteiger partial charge is 0.396 e. The second-order valence-corrected chi connectivity index (χ2v) is 4.92. The Morgan fingerprint density at radius 1 is 1.15 bits per heavy atom. The van der Waals surface area contributed by atoms with Crippen LogP contribution in [0.3, 0.4) is 0 Å². The van der Waals surface area contributed by atoms with Crippen molar-refractivity contribution in [1.29, 1.82) is 0 Å². The molecule has 0 atom stereocenters. The van der Waals surface area contributed by atoms with Crippen molar-refractivity contribution in [2.75, 3.05) is 24.6 Å². The Morgan fingerprint density at radius 3 is 2.55 bits per heavy atom. The van der Waals surface area contributed by atoms with Crippen molar-refractivity contribution in [2.24, 2.45) is 0 Å². The fourth-order valence-electron chi connectivity index (χ4n) is 2.34. The maximum atomic E-state index is 9.04. The molecule has 0 spiro atoms. The van der Waals surface area contributed by atoms with Crippen LogP contribution < -0.4 is 4.90 Å². The summed E-state index contributed by atoms with van der Waals surface area (Å²) in [6.45, 7) is 5.13. The third kappa shape index (κ3) is 4.10. The van der Waals surface area contributed by atoms with Crippen LogP contribution in [-0.2, 0) is 6.54 Å². The Labute approximate surface area is 120 Å². The van der Waals surface area contributed by atoms with E-state index >= 15 is 0 Å². The Balaban J connectivity index is 1.89. The van der Waals surface area contributed by atoms with Crippen molar-refractivity contribution in [1.82, 2.24) is 9.55 Å². The molecule has 1 aromatic heterocycles. The molecule has 2 rings (SSSR count). The summed E-state index contributed by atoms with van der Waals surface area (Å²) in [4.78, 5) is 6.57. The van der Waals surface area contributed by atoms with Gasteiger partial charge in [0.05, 0.1) is 0 Å². The van der Waals surface area contributed by atoms with Crippen molar-refractivity contribution in [2.45, 2.75) is 26.3 Å². The molecule has 4 heteroatoms. The van der Waals surface area contributed by atoms with E-state index in [1.807, 2.05) is 25.4 Å². The van der Waals surface area contributed by atoms with E-state index in [1.54, 1.807) is 0 Å². The van der Waals surface area contributed by atoms with Crippen LogP contribution in [0.4, 0.5) is 5.69 Å². The summed E-state index contributed by atoms with van der Waals surface area (Å²) in [5, 5.41) is 9.04. The summed E-state index contributed by atoms with van der Waals surface area (Å²) in [6.07, 6.45) is 5.74. The Kier molecular flexibility index (Phi) is 5.62. The zero-order valence-electron chi connectivity index (χ0n) is 12.1. The van der Waals surface area contributed by atoms with Gasteiger partial charge in [0.1, 0.15) is 5.82 Å². The van der Waals surface area contributed by atoms with Gasteiger partial charge in [-0.15, -0.1) is 0 Å². The van der Waals surface area contributed by atoms with Crippen LogP contribution in [0, 0.1) is 6.92 Å². The van der Waals surface area contributed by atoms with Crippen molar-refractivity contribution in [3.05, 3.63) is 48.5 Å². The molecule has 0 aliphatic heterocycles. The highest BCUT2D eigenvalue weighted by atomic mass is 16.3. The molecular formula is C16H23N3O. The quantitative estimate of drug-likeness (QED) is 0.803. The van der Waals surface area contributed by atoms with Gasteiger partial charge in [-0.25, -0.2) is 4.98 Å². The first-order valence-corrected chi connectivity index (χ1v) is 7.20. The number of rotatable bonds is 8. The minimum absolute atomic E-state index is 0.240. The highest BCUT2D eigenvalue weighted by Crippen LogP contribution is 2.14. The molecule has 1 heterocycles. The molecule has 0 fully saturated rings. The Hall–Kier alpha value is -1.81. The molecule has 0 radical (unpaired) electrons. The maximum Gasteiger partial charge on any atom is 0.105 e. The van der Waals surface area contributed by atoms with Crippen LogP contribution in [0.25, 0.3) is 0 Å². The number of aryl methyl sites for hydroxylation is 2. The number of hydrogen-bond donors (Lipinski definition) is 1. The zero-order valence-corrected chi connectivity index (χ0v) is 12.1. The lowest BCUT2D eigenvalue weighted by atomic mass is 10.2. The van der Waals surface area contributed by atoms with E-state index in [4.69, 9.17) is 5.11 Å². The molecule has 0 bridgehead atoms. The summed E-state index contributed by atoms with van der Waals surface area (Å²) < 4.78 is 2.18. The van der Waals surface area contributed by atoms with Gasteiger partial charge in [-0.05, 0) is 31.9 Å². The van der Waals surface area contributed by atoms with Crippen molar-refractivity contribution >= 4 is 5.69 Å². The van der Waals surface area contributed by atoms with Crippen LogP contribution in [0.1, 0.15) is 18.7 Å². The molecule has 4 nitrogen and oxygen atoms in total. The topological polar surface area (TPSA) is 41.3 Å². The molecule has 0 unspecified atom stereocenters. The van der Waals surface area contributed by atoms with Crippen molar-refractivity contribution in [3.63, 3.8) is 0 Å². The third-order valence-corrected chi connectivity index (χ3v) is 3.46. The molecule has 2 aromatic rings. The van der Waals surface area contributed by atoms with Gasteiger partial charge in [-0.1, -0.05) is 18.2 Å². The first-order valence-electron chi connectivity index (χ1n) is 7.20. The number of aliphatic hydroxyl groups is 1. The van der Waals surface area contributed by atoms with E-state index in [0.29, 0.717) is 0 Å². The molecule has 0 aliphatic rings. The summed E-state index contributed by atoms with van der Waals surface area (Å²) in [7, 11) is 0. The Bertz CT molecular complexity index is 495. The van der Waals surface area contributed by atoms with Crippen molar-refractivity contribution in [3.8, 4) is 0 Å². The van der Waals surface area contributed by atoms with Gasteiger partial charge in [0.15, 0.2) is 0 Å². The SMILES string of the molecule is Cc1nccn1CCCN(CCCO)c1ccccc1. The normalized spacial score (nSPS) is 10.7. The number of anilines is 1. The summed E-state index contributed by atoms with van der Waals surface area (Å²) in [6, 6.07) is 10.4. The number of benzene rings is 1. The number of aromatic nitrogens is 2. The molecular weight excluding hydrogens is 250 g/mol. The van der Waals surface area contributed by atoms with Gasteiger partial charge in [0.2, 0.25) is 0 Å². The number of para-hydroxylation sites is 1. The van der Waals surface area contributed by atoms with Crippen LogP contribution >= 0.6 is 0 Å². The molecule has 0 aliphatic carbocycles. The fraction of sp³-hybridized carbons (Fsp3) is 0.438. The van der Waals surface area contributed by atoms with E-state index < -0.39 is 0 Å². The predicted octanol–water partition coefficient (Wildman–Crippen LogP) is 2.47. The standard InChI is InChI=1S/C16H23N3O/c1-15-17-9-13-18(15)10-5-11-19(12-6-14-20)16-7-3-2-4-8-16/h2-4,7-9,13,20H,5-6,10-12,14H2,1H3. The second-order valence-electron chi connectivity index (χ2n) is 4.92. The second kappa shape index (κ2) is 7.70. The van der Waals surface area contributed by atoms with Crippen LogP contribution in [0.15, 0.2) is 42.7 Å². The van der Waals surface area contributed by atoms with Gasteiger partial charge in [-0.3, -0.25) is 0 Å². The molecule has 0 saturated heterocycles. The average Bonchev–Trinajstić information content (AvgIpc) is 2.89. The van der Waals surface area contributed by atoms with E-state index in [1.165, 1.54) is 5.69 Å². The number of hydrogen-bond acceptors (Lipinski definition) is 3. The minimum Gasteiger partial charge on any atom is -0.396 e. The van der Waals surface area contributed by atoms with Gasteiger partial charge >= 0.3 is 0 Å². The molecule has 108 valence electrons. The summed E-state index contributed by atoms with van der Waals surface area (Å²) in [5.41, 5.74) is 1.23. The van der Waals surface area contributed by atoms with Gasteiger partial charge in [0.25, 0.3) is 0 Å². The highest BCUT2D eigenvalue weighted by molar-refractivity contribution is 5.45. The van der Waals surface area contributed by atoms with Gasteiger partial charge in [-0.2, -0.15) is 0 Å². The van der Waals surface area contributed by atoms with E-state index in [9.17, 15) is 0 Å². The first-order chi connectivity index (χ1) is 9.81. The molecule has 1 N–H and O–H groups in total. The summed E-state index contributed by atoms with van der Waals surface area (Å²) in [5.74, 6) is 1.06. The average molecular weight is 273 g/mol. The zero-order chi connectivity index (χ0) is 14.2. The van der Waals surface area contributed by atoms with Crippen LogP contribution in [-0.4, -0.2) is 34.4 Å². The number of nitrogens with zero attached hydrogens (tertiary/aromatic N) is 3. The van der Waals surface area contributed by atoms with Crippen molar-refractivity contribution < 1.29 is 5.11 Å². The van der Waals surface area contributed by atoms with Gasteiger partial charge in [0, 0.05) is 44.3 Å². The highest BCUT2D eigenvalue weighted by Gasteiger charge is 2.06. The lowest BCUT2D eigenvalue weighted by molar-refractivity contribution is 0.289. The van der Waals surface area contributed by atoms with Crippen LogP contribution in [0.5, 0.6) is 0 Å². The third-order valence-electron chi connectivity index (χ3n) is 3.46. The minimum atomic E-state index is 0.240. The molecule has 1 aromatic carbocycles. The first kappa shape index (κ1) is 14.6. The molecule has 0 amide bonds. The van der Waals surface area contributed by atoms with E-state index in [0.717, 1.165) is 38.3 Å². The summed E-state index contributed by atoms with van der Waals surface area (Å²) >= 11 is 0. The molecule has 0 saturated carbocycles. The van der Waals surface area contributed by atoms with E-state index in [-0.39, 0.29) is 6.61 Å². The lowest BCUT2D eigenvalue weighted by Gasteiger charge is -2.24. The predicted molar refractivity (Wildman–Crippen MR) is 81.9 cm³/mol. The number of aliphatic hydroxyl groups excluding tert-OH is 1. The van der Waals surface area contributed by atoms with E-state index in [2.05, 4.69) is 38.7 Å². The van der Waals surface area contributed by atoms with Gasteiger partial charge < -0.3 is 14.6 Å². The fourth-order valence-corrected chi connectivity index (χ4v) is 2.34. The number of imidazole rings is 1.